The van der Waals surface area contributed by atoms with Crippen LogP contribution in [-0.2, 0) is 6.54 Å². The van der Waals surface area contributed by atoms with E-state index in [1.165, 1.54) is 26.8 Å². The van der Waals surface area contributed by atoms with Crippen LogP contribution >= 0.6 is 22.9 Å². The van der Waals surface area contributed by atoms with Gasteiger partial charge in [-0.2, -0.15) is 0 Å². The van der Waals surface area contributed by atoms with Gasteiger partial charge in [0.2, 0.25) is 0 Å². The van der Waals surface area contributed by atoms with Crippen molar-refractivity contribution in [2.75, 3.05) is 13.6 Å². The van der Waals surface area contributed by atoms with Crippen LogP contribution in [0.3, 0.4) is 0 Å². The molecule has 1 aliphatic rings. The van der Waals surface area contributed by atoms with Gasteiger partial charge < -0.3 is 4.90 Å². The predicted octanol–water partition coefficient (Wildman–Crippen LogP) is 5.59. The van der Waals surface area contributed by atoms with E-state index in [2.05, 4.69) is 64.4 Å². The summed E-state index contributed by atoms with van der Waals surface area (Å²) in [4.78, 5) is 10.8. The highest BCUT2D eigenvalue weighted by molar-refractivity contribution is 7.22. The van der Waals surface area contributed by atoms with Crippen LogP contribution in [0.4, 0.5) is 0 Å². The van der Waals surface area contributed by atoms with Gasteiger partial charge in [0.15, 0.2) is 0 Å². The highest BCUT2D eigenvalue weighted by atomic mass is 35.5. The van der Waals surface area contributed by atoms with E-state index >= 15 is 0 Å². The second-order valence-electron chi connectivity index (χ2n) is 7.11. The number of hydrogen-bond acceptors (Lipinski definition) is 4. The van der Waals surface area contributed by atoms with Gasteiger partial charge in [-0.15, -0.1) is 11.3 Å². The minimum absolute atomic E-state index is 0.362. The molecular formula is C22H18ClN3S. The SMILES string of the molecule is CN1Cc2cc(-c3ccncn3)ccc2C(c2ccc3sc(Cl)cc3c2)C1. The summed E-state index contributed by atoms with van der Waals surface area (Å²) in [7, 11) is 2.19. The van der Waals surface area contributed by atoms with Crippen LogP contribution in [0.25, 0.3) is 21.3 Å². The molecule has 1 unspecified atom stereocenters. The van der Waals surface area contributed by atoms with Crippen molar-refractivity contribution in [3.63, 3.8) is 0 Å². The number of benzene rings is 2. The topological polar surface area (TPSA) is 29.0 Å². The maximum Gasteiger partial charge on any atom is 0.116 e. The molecule has 5 heteroatoms. The number of likely N-dealkylation sites (N-methyl/N-ethyl adjacent to an activating group) is 1. The first-order valence-electron chi connectivity index (χ1n) is 8.94. The number of hydrogen-bond donors (Lipinski definition) is 0. The number of halogens is 1. The molecule has 0 fully saturated rings. The van der Waals surface area contributed by atoms with Crippen LogP contribution < -0.4 is 0 Å². The molecular weight excluding hydrogens is 374 g/mol. The number of rotatable bonds is 2. The minimum atomic E-state index is 0.362. The molecule has 1 aliphatic heterocycles. The Hall–Kier alpha value is -2.27. The Morgan fingerprint density at radius 2 is 2.04 bits per heavy atom. The van der Waals surface area contributed by atoms with Gasteiger partial charge in [-0.05, 0) is 59.5 Å². The quantitative estimate of drug-likeness (QED) is 0.446. The Bertz CT molecular complexity index is 1120. The summed E-state index contributed by atoms with van der Waals surface area (Å²) in [6.45, 7) is 1.97. The fourth-order valence-corrected chi connectivity index (χ4v) is 5.13. The van der Waals surface area contributed by atoms with Crippen molar-refractivity contribution in [2.45, 2.75) is 12.5 Å². The number of fused-ring (bicyclic) bond motifs is 2. The zero-order valence-corrected chi connectivity index (χ0v) is 16.5. The van der Waals surface area contributed by atoms with E-state index in [-0.39, 0.29) is 0 Å². The lowest BCUT2D eigenvalue weighted by atomic mass is 9.83. The van der Waals surface area contributed by atoms with Crippen LogP contribution in [0, 0.1) is 0 Å². The summed E-state index contributed by atoms with van der Waals surface area (Å²) in [5.74, 6) is 0.362. The van der Waals surface area contributed by atoms with Crippen molar-refractivity contribution < 1.29 is 0 Å². The van der Waals surface area contributed by atoms with Crippen molar-refractivity contribution in [1.29, 1.82) is 0 Å². The Balaban J connectivity index is 1.59. The highest BCUT2D eigenvalue weighted by Gasteiger charge is 2.25. The second-order valence-corrected chi connectivity index (χ2v) is 8.82. The largest absolute Gasteiger partial charge is 0.301 e. The van der Waals surface area contributed by atoms with Gasteiger partial charge >= 0.3 is 0 Å². The summed E-state index contributed by atoms with van der Waals surface area (Å²) >= 11 is 7.84. The van der Waals surface area contributed by atoms with E-state index in [4.69, 9.17) is 11.6 Å². The fraction of sp³-hybridized carbons (Fsp3) is 0.182. The normalized spacial score (nSPS) is 17.2. The van der Waals surface area contributed by atoms with Crippen LogP contribution in [0.2, 0.25) is 4.34 Å². The molecule has 0 radical (unpaired) electrons. The molecule has 1 atom stereocenters. The molecule has 0 aliphatic carbocycles. The van der Waals surface area contributed by atoms with Crippen molar-refractivity contribution in [3.8, 4) is 11.3 Å². The molecule has 2 aromatic carbocycles. The molecule has 0 spiro atoms. The monoisotopic (exact) mass is 391 g/mol. The summed E-state index contributed by atoms with van der Waals surface area (Å²) in [6, 6.07) is 17.5. The number of aromatic nitrogens is 2. The van der Waals surface area contributed by atoms with Crippen molar-refractivity contribution in [3.05, 3.63) is 82.1 Å². The summed E-state index contributed by atoms with van der Waals surface area (Å²) in [5.41, 5.74) is 6.23. The smallest absolute Gasteiger partial charge is 0.116 e. The lowest BCUT2D eigenvalue weighted by molar-refractivity contribution is 0.295. The maximum atomic E-state index is 6.20. The Kier molecular flexibility index (Phi) is 4.20. The van der Waals surface area contributed by atoms with Crippen LogP contribution in [-0.4, -0.2) is 28.5 Å². The Labute approximate surface area is 167 Å². The molecule has 0 N–H and O–H groups in total. The molecule has 0 bridgehead atoms. The van der Waals surface area contributed by atoms with Crippen LogP contribution in [0.15, 0.2) is 61.1 Å². The second kappa shape index (κ2) is 6.71. The van der Waals surface area contributed by atoms with Gasteiger partial charge in [-0.3, -0.25) is 0 Å². The Morgan fingerprint density at radius 3 is 2.89 bits per heavy atom. The highest BCUT2D eigenvalue weighted by Crippen LogP contribution is 2.37. The summed E-state index contributed by atoms with van der Waals surface area (Å²) in [6.07, 6.45) is 3.39. The van der Waals surface area contributed by atoms with Crippen molar-refractivity contribution in [2.24, 2.45) is 0 Å². The molecule has 0 saturated heterocycles. The third-order valence-corrected chi connectivity index (χ3v) is 6.49. The van der Waals surface area contributed by atoms with Crippen molar-refractivity contribution >= 4 is 33.0 Å². The Morgan fingerprint density at radius 1 is 1.11 bits per heavy atom. The van der Waals surface area contributed by atoms with Gasteiger partial charge in [0.1, 0.15) is 6.33 Å². The summed E-state index contributed by atoms with van der Waals surface area (Å²) < 4.78 is 2.09. The van der Waals surface area contributed by atoms with E-state index in [1.54, 1.807) is 23.9 Å². The molecule has 2 aromatic heterocycles. The first kappa shape index (κ1) is 16.9. The average Bonchev–Trinajstić information content (AvgIpc) is 3.06. The van der Waals surface area contributed by atoms with E-state index < -0.39 is 0 Å². The van der Waals surface area contributed by atoms with Gasteiger partial charge in [0.05, 0.1) is 10.0 Å². The molecule has 134 valence electrons. The number of nitrogens with zero attached hydrogens (tertiary/aromatic N) is 3. The third kappa shape index (κ3) is 3.14. The van der Waals surface area contributed by atoms with E-state index in [0.717, 1.165) is 28.7 Å². The van der Waals surface area contributed by atoms with Gasteiger partial charge in [0, 0.05) is 35.5 Å². The molecule has 5 rings (SSSR count). The number of thiophene rings is 1. The zero-order valence-electron chi connectivity index (χ0n) is 14.9. The van der Waals surface area contributed by atoms with Crippen molar-refractivity contribution in [1.82, 2.24) is 14.9 Å². The molecule has 4 aromatic rings. The molecule has 0 saturated carbocycles. The first-order valence-corrected chi connectivity index (χ1v) is 10.1. The fourth-order valence-electron chi connectivity index (χ4n) is 4.00. The summed E-state index contributed by atoms with van der Waals surface area (Å²) in [5, 5.41) is 1.23. The molecule has 3 nitrogen and oxygen atoms in total. The van der Waals surface area contributed by atoms with Gasteiger partial charge in [-0.25, -0.2) is 9.97 Å². The lowest BCUT2D eigenvalue weighted by Gasteiger charge is -2.33. The standard InChI is InChI=1S/C22H18ClN3S/c1-26-11-17-9-15(20-6-7-24-13-25-20)2-4-18(17)19(12-26)14-3-5-21-16(8-14)10-22(23)27-21/h2-10,13,19H,11-12H2,1H3. The maximum absolute atomic E-state index is 6.20. The van der Waals surface area contributed by atoms with E-state index in [0.29, 0.717) is 5.92 Å². The first-order chi connectivity index (χ1) is 13.2. The van der Waals surface area contributed by atoms with Crippen LogP contribution in [0.5, 0.6) is 0 Å². The lowest BCUT2D eigenvalue weighted by Crippen LogP contribution is -2.31. The van der Waals surface area contributed by atoms with Crippen LogP contribution in [0.1, 0.15) is 22.6 Å². The molecule has 3 heterocycles. The predicted molar refractivity (Wildman–Crippen MR) is 112 cm³/mol. The molecule has 27 heavy (non-hydrogen) atoms. The van der Waals surface area contributed by atoms with E-state index in [9.17, 15) is 0 Å². The van der Waals surface area contributed by atoms with Gasteiger partial charge in [0.25, 0.3) is 0 Å². The minimum Gasteiger partial charge on any atom is -0.301 e. The third-order valence-electron chi connectivity index (χ3n) is 5.24. The van der Waals surface area contributed by atoms with Gasteiger partial charge in [-0.1, -0.05) is 29.8 Å². The zero-order chi connectivity index (χ0) is 18.4. The van der Waals surface area contributed by atoms with E-state index in [1.807, 2.05) is 6.07 Å². The average molecular weight is 392 g/mol. The molecule has 0 amide bonds.